The molecule has 1 atom stereocenters. The number of ether oxygens (including phenoxy) is 1. The summed E-state index contributed by atoms with van der Waals surface area (Å²) in [6.07, 6.45) is 2.26. The van der Waals surface area contributed by atoms with Crippen LogP contribution in [-0.2, 0) is 30.3 Å². The second-order valence-corrected chi connectivity index (χ2v) is 7.57. The third-order valence-electron chi connectivity index (χ3n) is 5.28. The Kier molecular flexibility index (Phi) is 7.96. The minimum absolute atomic E-state index is 0.0198. The van der Waals surface area contributed by atoms with Gasteiger partial charge in [-0.05, 0) is 36.1 Å². The third kappa shape index (κ3) is 6.16. The molecule has 2 N–H and O–H groups in total. The number of anilines is 1. The van der Waals surface area contributed by atoms with E-state index in [2.05, 4.69) is 15.4 Å². The number of rotatable bonds is 8. The van der Waals surface area contributed by atoms with Crippen LogP contribution in [0.2, 0.25) is 0 Å². The Bertz CT molecular complexity index is 959. The van der Waals surface area contributed by atoms with E-state index in [0.29, 0.717) is 18.7 Å². The molecule has 0 aromatic heterocycles. The predicted molar refractivity (Wildman–Crippen MR) is 119 cm³/mol. The first-order valence-electron chi connectivity index (χ1n) is 10.6. The summed E-state index contributed by atoms with van der Waals surface area (Å²) in [5.74, 6) is -1.12. The van der Waals surface area contributed by atoms with Crippen molar-refractivity contribution < 1.29 is 23.9 Å². The van der Waals surface area contributed by atoms with Crippen LogP contribution in [0.5, 0.6) is 0 Å². The van der Waals surface area contributed by atoms with Gasteiger partial charge in [0.05, 0.1) is 13.5 Å². The van der Waals surface area contributed by atoms with Crippen LogP contribution in [0.25, 0.3) is 0 Å². The van der Waals surface area contributed by atoms with Crippen molar-refractivity contribution in [2.75, 3.05) is 25.5 Å². The highest BCUT2D eigenvalue weighted by molar-refractivity contribution is 5.98. The van der Waals surface area contributed by atoms with Crippen molar-refractivity contribution in [3.63, 3.8) is 0 Å². The van der Waals surface area contributed by atoms with Gasteiger partial charge in [-0.1, -0.05) is 42.5 Å². The maximum Gasteiger partial charge on any atom is 0.325 e. The van der Waals surface area contributed by atoms with Gasteiger partial charge >= 0.3 is 5.97 Å². The Morgan fingerprint density at radius 1 is 1.03 bits per heavy atom. The van der Waals surface area contributed by atoms with Gasteiger partial charge in [-0.3, -0.25) is 19.2 Å². The first kappa shape index (κ1) is 23.0. The van der Waals surface area contributed by atoms with E-state index in [1.807, 2.05) is 30.3 Å². The van der Waals surface area contributed by atoms with Crippen LogP contribution >= 0.6 is 0 Å². The van der Waals surface area contributed by atoms with Crippen molar-refractivity contribution in [2.45, 2.75) is 31.7 Å². The zero-order chi connectivity index (χ0) is 22.9. The molecule has 3 amide bonds. The Balaban J connectivity index is 1.66. The van der Waals surface area contributed by atoms with E-state index in [-0.39, 0.29) is 30.7 Å². The fraction of sp³-hybridized carbons (Fsp3) is 0.333. The smallest absolute Gasteiger partial charge is 0.325 e. The minimum atomic E-state index is -0.701. The zero-order valence-electron chi connectivity index (χ0n) is 18.0. The van der Waals surface area contributed by atoms with Crippen LogP contribution in [0.1, 0.15) is 36.4 Å². The van der Waals surface area contributed by atoms with Crippen LogP contribution in [0.4, 0.5) is 5.69 Å². The molecule has 1 fully saturated rings. The number of carbonyl (C=O) groups excluding carboxylic acids is 4. The molecule has 1 heterocycles. The monoisotopic (exact) mass is 437 g/mol. The number of amides is 3. The van der Waals surface area contributed by atoms with Crippen LogP contribution in [0, 0.1) is 0 Å². The number of carbonyl (C=O) groups is 4. The van der Waals surface area contributed by atoms with E-state index < -0.39 is 12.0 Å². The maximum atomic E-state index is 13.2. The number of methoxy groups -OCH3 is 1. The molecule has 0 aliphatic carbocycles. The molecule has 0 radical (unpaired) electrons. The highest BCUT2D eigenvalue weighted by Crippen LogP contribution is 2.27. The molecular formula is C24H27N3O5. The molecule has 1 unspecified atom stereocenters. The summed E-state index contributed by atoms with van der Waals surface area (Å²) < 4.78 is 4.49. The van der Waals surface area contributed by atoms with Gasteiger partial charge in [-0.2, -0.15) is 0 Å². The number of nitrogens with one attached hydrogen (secondary N) is 2. The average molecular weight is 437 g/mol. The van der Waals surface area contributed by atoms with Crippen molar-refractivity contribution in [3.8, 4) is 0 Å². The van der Waals surface area contributed by atoms with Gasteiger partial charge < -0.3 is 20.3 Å². The second-order valence-electron chi connectivity index (χ2n) is 7.57. The molecular weight excluding hydrogens is 410 g/mol. The molecule has 1 saturated heterocycles. The van der Waals surface area contributed by atoms with Crippen molar-refractivity contribution in [1.82, 2.24) is 10.2 Å². The maximum absolute atomic E-state index is 13.2. The summed E-state index contributed by atoms with van der Waals surface area (Å²) in [4.78, 5) is 50.4. The molecule has 8 heteroatoms. The standard InChI is InChI=1S/C24H27N3O5/c1-32-22(30)16-25-20(28)15-17-10-12-19(13-11-17)26-24(31)23(18-7-3-2-4-8-18)27-14-6-5-9-21(27)29/h2-4,7-8,10-13,23H,5-6,9,14-16H2,1H3,(H,25,28)(H,26,31). The zero-order valence-corrected chi connectivity index (χ0v) is 18.0. The number of hydrogen-bond donors (Lipinski definition) is 2. The molecule has 1 aliphatic rings. The van der Waals surface area contributed by atoms with E-state index in [1.165, 1.54) is 7.11 Å². The summed E-state index contributed by atoms with van der Waals surface area (Å²) in [5.41, 5.74) is 2.06. The van der Waals surface area contributed by atoms with Crippen LogP contribution < -0.4 is 10.6 Å². The Morgan fingerprint density at radius 3 is 2.41 bits per heavy atom. The summed E-state index contributed by atoms with van der Waals surface area (Å²) in [6.45, 7) is 0.366. The van der Waals surface area contributed by atoms with Crippen LogP contribution in [0.15, 0.2) is 54.6 Å². The van der Waals surface area contributed by atoms with E-state index in [0.717, 1.165) is 24.0 Å². The van der Waals surface area contributed by atoms with Gasteiger partial charge in [0.15, 0.2) is 0 Å². The number of esters is 1. The lowest BCUT2D eigenvalue weighted by molar-refractivity contribution is -0.141. The largest absolute Gasteiger partial charge is 0.468 e. The fourth-order valence-electron chi connectivity index (χ4n) is 3.62. The van der Waals surface area contributed by atoms with Crippen LogP contribution in [-0.4, -0.2) is 48.8 Å². The Labute approximate surface area is 186 Å². The normalized spacial score (nSPS) is 14.4. The molecule has 2 aromatic carbocycles. The van der Waals surface area contributed by atoms with Crippen molar-refractivity contribution in [3.05, 3.63) is 65.7 Å². The van der Waals surface area contributed by atoms with Gasteiger partial charge in [0.25, 0.3) is 5.91 Å². The molecule has 2 aromatic rings. The fourth-order valence-corrected chi connectivity index (χ4v) is 3.62. The summed E-state index contributed by atoms with van der Waals surface area (Å²) in [7, 11) is 1.26. The predicted octanol–water partition coefficient (Wildman–Crippen LogP) is 2.21. The molecule has 0 saturated carbocycles. The topological polar surface area (TPSA) is 105 Å². The van der Waals surface area contributed by atoms with Gasteiger partial charge in [-0.25, -0.2) is 0 Å². The first-order chi connectivity index (χ1) is 15.5. The summed E-state index contributed by atoms with van der Waals surface area (Å²) >= 11 is 0. The van der Waals surface area contributed by atoms with Crippen molar-refractivity contribution in [1.29, 1.82) is 0 Å². The number of nitrogens with zero attached hydrogens (tertiary/aromatic N) is 1. The highest BCUT2D eigenvalue weighted by Gasteiger charge is 2.32. The first-order valence-corrected chi connectivity index (χ1v) is 10.6. The third-order valence-corrected chi connectivity index (χ3v) is 5.28. The lowest BCUT2D eigenvalue weighted by Crippen LogP contribution is -2.43. The lowest BCUT2D eigenvalue weighted by atomic mass is 10.0. The highest BCUT2D eigenvalue weighted by atomic mass is 16.5. The average Bonchev–Trinajstić information content (AvgIpc) is 2.81. The number of hydrogen-bond acceptors (Lipinski definition) is 5. The number of likely N-dealkylation sites (tertiary alicyclic amines) is 1. The van der Waals surface area contributed by atoms with Crippen LogP contribution in [0.3, 0.4) is 0 Å². The van der Waals surface area contributed by atoms with E-state index >= 15 is 0 Å². The minimum Gasteiger partial charge on any atom is -0.468 e. The Hall–Kier alpha value is -3.68. The molecule has 32 heavy (non-hydrogen) atoms. The summed E-state index contributed by atoms with van der Waals surface area (Å²) in [5, 5.41) is 5.37. The lowest BCUT2D eigenvalue weighted by Gasteiger charge is -2.34. The Morgan fingerprint density at radius 2 is 1.75 bits per heavy atom. The molecule has 3 rings (SSSR count). The van der Waals surface area contributed by atoms with Crippen molar-refractivity contribution in [2.24, 2.45) is 0 Å². The van der Waals surface area contributed by atoms with Gasteiger partial charge in [-0.15, -0.1) is 0 Å². The van der Waals surface area contributed by atoms with E-state index in [1.54, 1.807) is 29.2 Å². The SMILES string of the molecule is COC(=O)CNC(=O)Cc1ccc(NC(=O)C(c2ccccc2)N2CCCCC2=O)cc1. The number of piperidine rings is 1. The van der Waals surface area contributed by atoms with E-state index in [4.69, 9.17) is 0 Å². The molecule has 168 valence electrons. The van der Waals surface area contributed by atoms with E-state index in [9.17, 15) is 19.2 Å². The van der Waals surface area contributed by atoms with Gasteiger partial charge in [0.1, 0.15) is 12.6 Å². The van der Waals surface area contributed by atoms with Gasteiger partial charge in [0, 0.05) is 18.7 Å². The van der Waals surface area contributed by atoms with Gasteiger partial charge in [0.2, 0.25) is 11.8 Å². The molecule has 1 aliphatic heterocycles. The second kappa shape index (κ2) is 11.1. The molecule has 0 spiro atoms. The quantitative estimate of drug-likeness (QED) is 0.616. The summed E-state index contributed by atoms with van der Waals surface area (Å²) in [6, 6.07) is 15.5. The molecule has 0 bridgehead atoms. The van der Waals surface area contributed by atoms with Crippen molar-refractivity contribution >= 4 is 29.4 Å². The number of benzene rings is 2. The molecule has 8 nitrogen and oxygen atoms in total.